The number of halogens is 3. The molecular formula is C18H22F3N3O. The molecular weight excluding hydrogens is 331 g/mol. The zero-order chi connectivity index (χ0) is 18.6. The summed E-state index contributed by atoms with van der Waals surface area (Å²) >= 11 is 0. The van der Waals surface area contributed by atoms with E-state index < -0.39 is 11.7 Å². The van der Waals surface area contributed by atoms with Crippen LogP contribution in [0.5, 0.6) is 0 Å². The molecule has 4 nitrogen and oxygen atoms in total. The number of carbonyl (C=O) groups is 1. The number of hydrogen-bond acceptors (Lipinski definition) is 3. The first-order valence-corrected chi connectivity index (χ1v) is 8.27. The fraction of sp³-hybridized carbons (Fsp3) is 0.500. The van der Waals surface area contributed by atoms with Crippen LogP contribution in [0.25, 0.3) is 11.4 Å². The standard InChI is InChI=1S/C12H12F3N3.C6H10O/c1-8(2)18-7-16-11(17-18)9-4-3-5-10(6-9)12(13,14)15;1-5-2-3-6(7)4-5/h3-8H,1-2H3;5H,2-4H2,1H3. The van der Waals surface area contributed by atoms with Gasteiger partial charge in [-0.05, 0) is 38.3 Å². The van der Waals surface area contributed by atoms with E-state index in [-0.39, 0.29) is 6.04 Å². The van der Waals surface area contributed by atoms with Crippen LogP contribution in [0.15, 0.2) is 30.6 Å². The van der Waals surface area contributed by atoms with Crippen LogP contribution in [0.2, 0.25) is 0 Å². The maximum absolute atomic E-state index is 12.6. The van der Waals surface area contributed by atoms with Gasteiger partial charge < -0.3 is 0 Å². The fourth-order valence-corrected chi connectivity index (χ4v) is 2.49. The number of aromatic nitrogens is 3. The van der Waals surface area contributed by atoms with E-state index in [1.165, 1.54) is 12.4 Å². The lowest BCUT2D eigenvalue weighted by molar-refractivity contribution is -0.137. The highest BCUT2D eigenvalue weighted by molar-refractivity contribution is 5.80. The minimum absolute atomic E-state index is 0.122. The van der Waals surface area contributed by atoms with Gasteiger partial charge in [0.25, 0.3) is 0 Å². The van der Waals surface area contributed by atoms with Gasteiger partial charge in [-0.2, -0.15) is 18.3 Å². The largest absolute Gasteiger partial charge is 0.416 e. The Kier molecular flexibility index (Phi) is 5.98. The van der Waals surface area contributed by atoms with E-state index in [0.29, 0.717) is 23.1 Å². The summed E-state index contributed by atoms with van der Waals surface area (Å²) in [5, 5.41) is 4.14. The van der Waals surface area contributed by atoms with E-state index in [1.807, 2.05) is 13.8 Å². The van der Waals surface area contributed by atoms with Gasteiger partial charge in [0.1, 0.15) is 12.1 Å². The molecule has 1 fully saturated rings. The molecule has 0 N–H and O–H groups in total. The molecule has 1 unspecified atom stereocenters. The Labute approximate surface area is 145 Å². The number of benzene rings is 1. The molecule has 0 radical (unpaired) electrons. The summed E-state index contributed by atoms with van der Waals surface area (Å²) in [5.74, 6) is 1.43. The molecule has 1 heterocycles. The molecule has 0 aliphatic heterocycles. The van der Waals surface area contributed by atoms with Crippen molar-refractivity contribution < 1.29 is 18.0 Å². The molecule has 1 aliphatic rings. The van der Waals surface area contributed by atoms with Crippen LogP contribution in [0.1, 0.15) is 51.6 Å². The summed E-state index contributed by atoms with van der Waals surface area (Å²) in [5.41, 5.74) is -0.329. The Bertz CT molecular complexity index is 722. The van der Waals surface area contributed by atoms with E-state index in [9.17, 15) is 18.0 Å². The minimum atomic E-state index is -4.35. The quantitative estimate of drug-likeness (QED) is 0.770. The summed E-state index contributed by atoms with van der Waals surface area (Å²) in [6.07, 6.45) is -0.0448. The van der Waals surface area contributed by atoms with Crippen molar-refractivity contribution in [1.82, 2.24) is 14.8 Å². The van der Waals surface area contributed by atoms with Crippen molar-refractivity contribution in [3.05, 3.63) is 36.2 Å². The fourth-order valence-electron chi connectivity index (χ4n) is 2.49. The number of nitrogens with zero attached hydrogens (tertiary/aromatic N) is 3. The van der Waals surface area contributed by atoms with Crippen molar-refractivity contribution in [3.63, 3.8) is 0 Å². The molecule has 2 aromatic rings. The second kappa shape index (κ2) is 7.80. The van der Waals surface area contributed by atoms with Crippen LogP contribution < -0.4 is 0 Å². The molecule has 3 rings (SSSR count). The maximum atomic E-state index is 12.6. The van der Waals surface area contributed by atoms with Crippen molar-refractivity contribution in [2.75, 3.05) is 0 Å². The summed E-state index contributed by atoms with van der Waals surface area (Å²) in [6.45, 7) is 5.97. The van der Waals surface area contributed by atoms with Gasteiger partial charge in [0.2, 0.25) is 0 Å². The first-order chi connectivity index (χ1) is 11.7. The second-order valence-corrected chi connectivity index (χ2v) is 6.61. The van der Waals surface area contributed by atoms with Gasteiger partial charge in [-0.25, -0.2) is 9.67 Å². The van der Waals surface area contributed by atoms with Crippen molar-refractivity contribution in [2.24, 2.45) is 5.92 Å². The number of hydrogen-bond donors (Lipinski definition) is 0. The van der Waals surface area contributed by atoms with Gasteiger partial charge in [-0.15, -0.1) is 0 Å². The Hall–Kier alpha value is -2.18. The molecule has 1 aromatic heterocycles. The lowest BCUT2D eigenvalue weighted by Gasteiger charge is -2.07. The average Bonchev–Trinajstić information content (AvgIpc) is 3.16. The average molecular weight is 353 g/mol. The van der Waals surface area contributed by atoms with Crippen molar-refractivity contribution in [2.45, 2.75) is 52.3 Å². The van der Waals surface area contributed by atoms with Crippen LogP contribution in [0, 0.1) is 5.92 Å². The number of Topliss-reactive ketones (excluding diaryl/α,β-unsaturated/α-hetero) is 1. The molecule has 7 heteroatoms. The predicted molar refractivity (Wildman–Crippen MR) is 88.9 cm³/mol. The van der Waals surface area contributed by atoms with Gasteiger partial charge in [0, 0.05) is 24.4 Å². The highest BCUT2D eigenvalue weighted by Crippen LogP contribution is 2.31. The van der Waals surface area contributed by atoms with Gasteiger partial charge in [0.15, 0.2) is 5.82 Å². The third kappa shape index (κ3) is 5.41. The Morgan fingerprint density at radius 3 is 2.44 bits per heavy atom. The topological polar surface area (TPSA) is 47.8 Å². The normalized spacial score (nSPS) is 17.6. The van der Waals surface area contributed by atoms with E-state index in [4.69, 9.17) is 0 Å². The number of ketones is 1. The Morgan fingerprint density at radius 2 is 2.00 bits per heavy atom. The number of carbonyl (C=O) groups excluding carboxylic acids is 1. The summed E-state index contributed by atoms with van der Waals surface area (Å²) in [7, 11) is 0. The van der Waals surface area contributed by atoms with E-state index in [2.05, 4.69) is 17.0 Å². The zero-order valence-electron chi connectivity index (χ0n) is 14.5. The lowest BCUT2D eigenvalue weighted by Crippen LogP contribution is -2.05. The van der Waals surface area contributed by atoms with Crippen molar-refractivity contribution in [1.29, 1.82) is 0 Å². The molecule has 0 saturated heterocycles. The van der Waals surface area contributed by atoms with Crippen LogP contribution >= 0.6 is 0 Å². The molecule has 1 atom stereocenters. The van der Waals surface area contributed by atoms with Crippen LogP contribution in [0.3, 0.4) is 0 Å². The monoisotopic (exact) mass is 353 g/mol. The molecule has 136 valence electrons. The van der Waals surface area contributed by atoms with Gasteiger partial charge in [-0.1, -0.05) is 19.1 Å². The molecule has 1 aromatic carbocycles. The highest BCUT2D eigenvalue weighted by atomic mass is 19.4. The zero-order valence-corrected chi connectivity index (χ0v) is 14.5. The van der Waals surface area contributed by atoms with Crippen LogP contribution in [-0.2, 0) is 11.0 Å². The first kappa shape index (κ1) is 19.1. The third-order valence-corrected chi connectivity index (χ3v) is 3.98. The third-order valence-electron chi connectivity index (χ3n) is 3.98. The highest BCUT2D eigenvalue weighted by Gasteiger charge is 2.30. The Balaban J connectivity index is 0.000000269. The Morgan fingerprint density at radius 1 is 1.28 bits per heavy atom. The first-order valence-electron chi connectivity index (χ1n) is 8.27. The van der Waals surface area contributed by atoms with Crippen molar-refractivity contribution in [3.8, 4) is 11.4 Å². The number of rotatable bonds is 2. The molecule has 0 spiro atoms. The molecule has 25 heavy (non-hydrogen) atoms. The second-order valence-electron chi connectivity index (χ2n) is 6.61. The van der Waals surface area contributed by atoms with Crippen LogP contribution in [-0.4, -0.2) is 20.5 Å². The molecule has 0 bridgehead atoms. The summed E-state index contributed by atoms with van der Waals surface area (Å²) < 4.78 is 39.3. The van der Waals surface area contributed by atoms with Crippen molar-refractivity contribution >= 4 is 5.78 Å². The molecule has 1 saturated carbocycles. The van der Waals surface area contributed by atoms with E-state index in [0.717, 1.165) is 31.4 Å². The SMILES string of the molecule is CC(C)n1cnc(-c2cccc(C(F)(F)F)c2)n1.CC1CCC(=O)C1. The smallest absolute Gasteiger partial charge is 0.300 e. The minimum Gasteiger partial charge on any atom is -0.300 e. The van der Waals surface area contributed by atoms with Crippen LogP contribution in [0.4, 0.5) is 13.2 Å². The van der Waals surface area contributed by atoms with Gasteiger partial charge in [0.05, 0.1) is 5.56 Å². The predicted octanol–water partition coefficient (Wildman–Crippen LogP) is 4.92. The lowest BCUT2D eigenvalue weighted by atomic mass is 10.1. The van der Waals surface area contributed by atoms with E-state index >= 15 is 0 Å². The maximum Gasteiger partial charge on any atom is 0.416 e. The van der Waals surface area contributed by atoms with Gasteiger partial charge >= 0.3 is 6.18 Å². The molecule has 1 aliphatic carbocycles. The van der Waals surface area contributed by atoms with Gasteiger partial charge in [-0.3, -0.25) is 4.79 Å². The van der Waals surface area contributed by atoms with E-state index in [1.54, 1.807) is 10.7 Å². The number of alkyl halides is 3. The molecule has 0 amide bonds. The summed E-state index contributed by atoms with van der Waals surface area (Å²) in [6, 6.07) is 5.13. The summed E-state index contributed by atoms with van der Waals surface area (Å²) in [4.78, 5) is 14.5.